The Morgan fingerprint density at radius 3 is 1.98 bits per heavy atom. The van der Waals surface area contributed by atoms with Gasteiger partial charge < -0.3 is 18.6 Å². The molecule has 0 spiro atoms. The van der Waals surface area contributed by atoms with Crippen LogP contribution in [0.3, 0.4) is 0 Å². The summed E-state index contributed by atoms with van der Waals surface area (Å²) >= 11 is 25.6. The zero-order valence-electron chi connectivity index (χ0n) is 22.8. The summed E-state index contributed by atoms with van der Waals surface area (Å²) in [7, 11) is 1.35. The normalized spacial score (nSPS) is 11.3. The highest BCUT2D eigenvalue weighted by molar-refractivity contribution is 6.38. The van der Waals surface area contributed by atoms with Gasteiger partial charge in [0.15, 0.2) is 22.9 Å². The molecule has 0 atom stereocenters. The molecule has 0 saturated carbocycles. The van der Waals surface area contributed by atoms with Crippen molar-refractivity contribution in [2.24, 2.45) is 0 Å². The summed E-state index contributed by atoms with van der Waals surface area (Å²) in [5.74, 6) is 0.753. The third-order valence-electron chi connectivity index (χ3n) is 6.17. The van der Waals surface area contributed by atoms with Crippen molar-refractivity contribution in [3.8, 4) is 23.0 Å². The van der Waals surface area contributed by atoms with Gasteiger partial charge in [0.05, 0.1) is 40.4 Å². The number of nitrogens with zero attached hydrogens (tertiary/aromatic N) is 1. The molecule has 0 fully saturated rings. The van der Waals surface area contributed by atoms with E-state index in [4.69, 9.17) is 60.3 Å². The molecule has 0 radical (unpaired) electrons. The summed E-state index contributed by atoms with van der Waals surface area (Å²) in [5.41, 5.74) is 3.08. The van der Waals surface area contributed by atoms with Crippen molar-refractivity contribution in [3.05, 3.63) is 85.8 Å². The van der Waals surface area contributed by atoms with E-state index in [-0.39, 0.29) is 18.2 Å². The van der Waals surface area contributed by atoms with Crippen molar-refractivity contribution in [1.82, 2.24) is 4.98 Å². The molecule has 4 rings (SSSR count). The van der Waals surface area contributed by atoms with Crippen LogP contribution in [0, 0.1) is 0 Å². The van der Waals surface area contributed by atoms with E-state index in [0.717, 1.165) is 5.56 Å². The number of hydrogen-bond acceptors (Lipinski definition) is 7. The van der Waals surface area contributed by atoms with Gasteiger partial charge in [0.1, 0.15) is 5.52 Å². The molecule has 11 heteroatoms. The zero-order valence-corrected chi connectivity index (χ0v) is 25.9. The predicted octanol–water partition coefficient (Wildman–Crippen LogP) is 9.21. The predicted molar refractivity (Wildman–Crippen MR) is 166 cm³/mol. The molecule has 3 aromatic carbocycles. The number of fused-ring (bicyclic) bond motifs is 1. The van der Waals surface area contributed by atoms with Crippen LogP contribution in [-0.4, -0.2) is 37.1 Å². The third kappa shape index (κ3) is 8.19. The Labute approximate surface area is 263 Å². The van der Waals surface area contributed by atoms with Crippen molar-refractivity contribution >= 4 is 69.3 Å². The maximum absolute atomic E-state index is 11.7. The van der Waals surface area contributed by atoms with Gasteiger partial charge in [0.2, 0.25) is 5.89 Å². The van der Waals surface area contributed by atoms with Crippen molar-refractivity contribution in [2.45, 2.75) is 32.6 Å². The van der Waals surface area contributed by atoms with E-state index in [1.165, 1.54) is 14.0 Å². The molecule has 0 aliphatic heterocycles. The number of ketones is 1. The molecule has 0 N–H and O–H groups in total. The molecule has 7 nitrogen and oxygen atoms in total. The largest absolute Gasteiger partial charge is 0.490 e. The van der Waals surface area contributed by atoms with E-state index in [9.17, 15) is 9.59 Å². The first-order valence-corrected chi connectivity index (χ1v) is 14.5. The number of carbonyl (C=O) groups excluding carboxylic acids is 2. The molecule has 220 valence electrons. The lowest BCUT2D eigenvalue weighted by Gasteiger charge is -2.11. The average Bonchev–Trinajstić information content (AvgIpc) is 3.39. The third-order valence-corrected chi connectivity index (χ3v) is 7.30. The van der Waals surface area contributed by atoms with Crippen LogP contribution in [0.4, 0.5) is 0 Å². The number of aryl methyl sites for hydroxylation is 1. The van der Waals surface area contributed by atoms with Gasteiger partial charge in [-0.15, -0.1) is 0 Å². The van der Waals surface area contributed by atoms with E-state index >= 15 is 0 Å². The minimum absolute atomic E-state index is 0.0583. The number of aromatic nitrogens is 1. The molecule has 1 aromatic heterocycles. The van der Waals surface area contributed by atoms with Crippen LogP contribution in [-0.2, 0) is 16.0 Å². The van der Waals surface area contributed by atoms with Crippen LogP contribution >= 0.6 is 46.4 Å². The van der Waals surface area contributed by atoms with Crippen LogP contribution in [0.15, 0.2) is 59.0 Å². The first kappa shape index (κ1) is 31.7. The van der Waals surface area contributed by atoms with E-state index in [1.54, 1.807) is 42.5 Å². The summed E-state index contributed by atoms with van der Waals surface area (Å²) in [4.78, 5) is 27.5. The Morgan fingerprint density at radius 2 is 1.43 bits per heavy atom. The van der Waals surface area contributed by atoms with Gasteiger partial charge in [-0.25, -0.2) is 4.98 Å². The number of carbonyl (C=O) groups is 2. The summed E-state index contributed by atoms with van der Waals surface area (Å²) in [6, 6.07) is 11.9. The highest BCUT2D eigenvalue weighted by atomic mass is 35.5. The summed E-state index contributed by atoms with van der Waals surface area (Å²) in [6.45, 7) is 2.23. The molecule has 0 aliphatic rings. The summed E-state index contributed by atoms with van der Waals surface area (Å²) in [5, 5.41) is 1.42. The highest BCUT2D eigenvalue weighted by Gasteiger charge is 2.16. The second-order valence-electron chi connectivity index (χ2n) is 9.24. The van der Waals surface area contributed by atoms with Crippen molar-refractivity contribution in [3.63, 3.8) is 0 Å². The lowest BCUT2D eigenvalue weighted by atomic mass is 10.1. The zero-order chi connectivity index (χ0) is 30.2. The van der Waals surface area contributed by atoms with Gasteiger partial charge in [0.25, 0.3) is 0 Å². The monoisotopic (exact) mass is 649 g/mol. The lowest BCUT2D eigenvalue weighted by molar-refractivity contribution is -0.140. The number of benzene rings is 3. The maximum atomic E-state index is 11.7. The molecule has 4 aromatic rings. The van der Waals surface area contributed by atoms with Gasteiger partial charge in [-0.3, -0.25) is 9.59 Å². The van der Waals surface area contributed by atoms with Gasteiger partial charge in [-0.2, -0.15) is 0 Å². The van der Waals surface area contributed by atoms with E-state index in [1.807, 2.05) is 12.2 Å². The van der Waals surface area contributed by atoms with E-state index < -0.39 is 0 Å². The van der Waals surface area contributed by atoms with Gasteiger partial charge in [0, 0.05) is 17.5 Å². The molecule has 1 heterocycles. The number of Topliss-reactive ketones (excluding diaryl/α,β-unsaturated/α-hetero) is 1. The van der Waals surface area contributed by atoms with Crippen molar-refractivity contribution in [2.75, 3.05) is 20.3 Å². The van der Waals surface area contributed by atoms with Crippen LogP contribution < -0.4 is 9.47 Å². The number of rotatable bonds is 13. The van der Waals surface area contributed by atoms with Gasteiger partial charge in [-0.05, 0) is 74.2 Å². The Hall–Kier alpha value is -3.23. The minimum atomic E-state index is -0.299. The van der Waals surface area contributed by atoms with Crippen LogP contribution in [0.1, 0.15) is 42.1 Å². The second-order valence-corrected chi connectivity index (χ2v) is 10.9. The van der Waals surface area contributed by atoms with Crippen molar-refractivity contribution < 1.29 is 28.2 Å². The number of hydrogen-bond donors (Lipinski definition) is 0. The molecule has 0 unspecified atom stereocenters. The number of halogens is 4. The fourth-order valence-electron chi connectivity index (χ4n) is 4.03. The van der Waals surface area contributed by atoms with Crippen LogP contribution in [0.5, 0.6) is 11.5 Å². The smallest absolute Gasteiger partial charge is 0.305 e. The fourth-order valence-corrected chi connectivity index (χ4v) is 5.26. The maximum Gasteiger partial charge on any atom is 0.305 e. The average molecular weight is 651 g/mol. The fraction of sp³-hybridized carbons (Fsp3) is 0.258. The molecular weight excluding hydrogens is 624 g/mol. The topological polar surface area (TPSA) is 87.9 Å². The number of oxazole rings is 1. The lowest BCUT2D eigenvalue weighted by Crippen LogP contribution is -2.02. The highest BCUT2D eigenvalue weighted by Crippen LogP contribution is 2.38. The number of esters is 1. The van der Waals surface area contributed by atoms with Gasteiger partial charge in [-0.1, -0.05) is 58.6 Å². The number of methoxy groups -OCH3 is 1. The second kappa shape index (κ2) is 14.8. The first-order valence-electron chi connectivity index (χ1n) is 13.0. The Balaban J connectivity index is 1.25. The molecular formula is C31H27Cl4NO6. The molecule has 42 heavy (non-hydrogen) atoms. The molecule has 0 bridgehead atoms. The minimum Gasteiger partial charge on any atom is -0.490 e. The van der Waals surface area contributed by atoms with Gasteiger partial charge >= 0.3 is 5.97 Å². The van der Waals surface area contributed by atoms with E-state index in [2.05, 4.69) is 9.72 Å². The van der Waals surface area contributed by atoms with Crippen molar-refractivity contribution in [1.29, 1.82) is 0 Å². The SMILES string of the molecule is COC(=O)CCc1cc(Cl)c(OCC/C=C/CCOc2c(Cl)cc(-c3nc4ccc(C(C)=O)cc4o3)cc2Cl)c(Cl)c1. The van der Waals surface area contributed by atoms with Crippen LogP contribution in [0.25, 0.3) is 22.6 Å². The molecule has 0 amide bonds. The summed E-state index contributed by atoms with van der Waals surface area (Å²) < 4.78 is 22.1. The quantitative estimate of drug-likeness (QED) is 0.0617. The molecule has 0 saturated heterocycles. The standard InChI is InChI=1S/C31H27Cl4NO6/c1-18(37)20-8-9-26-27(17-20)42-31(36-26)21-15-24(34)30(25(35)16-21)41-12-6-4-3-5-11-40-29-22(32)13-19(14-23(29)33)7-10-28(38)39-2/h3-4,8-9,13-17H,5-7,10-12H2,1-2H3/b4-3+. The van der Waals surface area contributed by atoms with Crippen LogP contribution in [0.2, 0.25) is 20.1 Å². The molecule has 0 aliphatic carbocycles. The first-order chi connectivity index (χ1) is 20.2. The number of ether oxygens (including phenoxy) is 3. The Bertz CT molecular complexity index is 1590. The Kier molecular flexibility index (Phi) is 11.2. The van der Waals surface area contributed by atoms with E-state index in [0.29, 0.717) is 92.2 Å². The Morgan fingerprint density at radius 1 is 0.857 bits per heavy atom. The summed E-state index contributed by atoms with van der Waals surface area (Å²) in [6.07, 6.45) is 5.89.